The van der Waals surface area contributed by atoms with E-state index in [1.807, 2.05) is 42.6 Å². The molecule has 2 amide bonds. The van der Waals surface area contributed by atoms with E-state index < -0.39 is 0 Å². The van der Waals surface area contributed by atoms with Gasteiger partial charge in [-0.25, -0.2) is 4.98 Å². The molecule has 0 radical (unpaired) electrons. The summed E-state index contributed by atoms with van der Waals surface area (Å²) in [4.78, 5) is 32.5. The van der Waals surface area contributed by atoms with E-state index in [9.17, 15) is 9.59 Å². The van der Waals surface area contributed by atoms with Crippen molar-refractivity contribution in [3.63, 3.8) is 0 Å². The Bertz CT molecular complexity index is 861. The zero-order valence-corrected chi connectivity index (χ0v) is 16.1. The van der Waals surface area contributed by atoms with Crippen molar-refractivity contribution in [3.05, 3.63) is 46.3 Å². The summed E-state index contributed by atoms with van der Waals surface area (Å²) in [5, 5.41) is 2.39. The van der Waals surface area contributed by atoms with Gasteiger partial charge in [-0.05, 0) is 25.1 Å². The lowest BCUT2D eigenvalue weighted by atomic mass is 10.3. The molecule has 2 heterocycles. The van der Waals surface area contributed by atoms with Crippen LogP contribution in [0.4, 0.5) is 10.8 Å². The van der Waals surface area contributed by atoms with Crippen LogP contribution in [0.25, 0.3) is 6.08 Å². The minimum absolute atomic E-state index is 0.0986. The highest BCUT2D eigenvalue weighted by molar-refractivity contribution is 8.26. The van der Waals surface area contributed by atoms with E-state index in [1.165, 1.54) is 30.0 Å². The van der Waals surface area contributed by atoms with Gasteiger partial charge in [-0.1, -0.05) is 42.2 Å². The van der Waals surface area contributed by atoms with Crippen LogP contribution in [0.5, 0.6) is 0 Å². The van der Waals surface area contributed by atoms with Gasteiger partial charge in [-0.3, -0.25) is 19.4 Å². The second-order valence-electron chi connectivity index (χ2n) is 5.17. The number of nitrogens with zero attached hydrogens (tertiary/aromatic N) is 3. The van der Waals surface area contributed by atoms with E-state index in [2.05, 4.69) is 4.98 Å². The Labute approximate surface area is 159 Å². The van der Waals surface area contributed by atoms with E-state index in [4.69, 9.17) is 12.2 Å². The number of para-hydroxylation sites is 1. The molecule has 1 aliphatic heterocycles. The summed E-state index contributed by atoms with van der Waals surface area (Å²) in [6.45, 7) is 3.94. The van der Waals surface area contributed by atoms with Gasteiger partial charge in [0, 0.05) is 18.8 Å². The van der Waals surface area contributed by atoms with Crippen LogP contribution in [0.1, 0.15) is 19.5 Å². The lowest BCUT2D eigenvalue weighted by molar-refractivity contribution is -0.122. The molecule has 1 aromatic heterocycles. The standard InChI is InChI=1S/C17H15N3O2S3/c1-3-19-15(22)14(25-17(19)23)9-12-10-24-16(18-12)20(11(2)21)13-7-5-4-6-8-13/h4-10H,3H2,1-2H3/b14-9+. The molecule has 2 aromatic rings. The normalized spacial score (nSPS) is 15.9. The van der Waals surface area contributed by atoms with E-state index >= 15 is 0 Å². The Morgan fingerprint density at radius 2 is 2.08 bits per heavy atom. The highest BCUT2D eigenvalue weighted by Crippen LogP contribution is 2.34. The maximum absolute atomic E-state index is 12.3. The molecule has 0 atom stereocenters. The van der Waals surface area contributed by atoms with Gasteiger partial charge in [0.25, 0.3) is 5.91 Å². The highest BCUT2D eigenvalue weighted by atomic mass is 32.2. The number of likely N-dealkylation sites (N-methyl/N-ethyl adjacent to an activating group) is 1. The fourth-order valence-electron chi connectivity index (χ4n) is 2.36. The predicted molar refractivity (Wildman–Crippen MR) is 107 cm³/mol. The lowest BCUT2D eigenvalue weighted by Crippen LogP contribution is -2.27. The smallest absolute Gasteiger partial charge is 0.266 e. The number of thioether (sulfide) groups is 1. The minimum Gasteiger partial charge on any atom is -0.293 e. The van der Waals surface area contributed by atoms with E-state index in [0.29, 0.717) is 26.6 Å². The van der Waals surface area contributed by atoms with Crippen molar-refractivity contribution in [2.45, 2.75) is 13.8 Å². The third-order valence-electron chi connectivity index (χ3n) is 3.50. The maximum Gasteiger partial charge on any atom is 0.266 e. The van der Waals surface area contributed by atoms with Crippen LogP contribution in [0, 0.1) is 0 Å². The van der Waals surface area contributed by atoms with Crippen LogP contribution in [-0.2, 0) is 9.59 Å². The van der Waals surface area contributed by atoms with Gasteiger partial charge < -0.3 is 0 Å². The predicted octanol–water partition coefficient (Wildman–Crippen LogP) is 4.05. The summed E-state index contributed by atoms with van der Waals surface area (Å²) in [6, 6.07) is 9.35. The quantitative estimate of drug-likeness (QED) is 0.583. The Balaban J connectivity index is 1.90. The number of thiazole rings is 1. The van der Waals surface area contributed by atoms with E-state index in [-0.39, 0.29) is 11.8 Å². The molecule has 128 valence electrons. The summed E-state index contributed by atoms with van der Waals surface area (Å²) >= 11 is 7.84. The van der Waals surface area contributed by atoms with Crippen LogP contribution in [0.15, 0.2) is 40.6 Å². The highest BCUT2D eigenvalue weighted by Gasteiger charge is 2.31. The number of rotatable bonds is 4. The Morgan fingerprint density at radius 3 is 2.68 bits per heavy atom. The van der Waals surface area contributed by atoms with Crippen molar-refractivity contribution in [1.82, 2.24) is 9.88 Å². The van der Waals surface area contributed by atoms with Crippen LogP contribution in [0.3, 0.4) is 0 Å². The van der Waals surface area contributed by atoms with Crippen LogP contribution in [-0.4, -0.2) is 32.6 Å². The second kappa shape index (κ2) is 7.47. The minimum atomic E-state index is -0.121. The largest absolute Gasteiger partial charge is 0.293 e. The molecule has 0 spiro atoms. The number of carbonyl (C=O) groups excluding carboxylic acids is 2. The maximum atomic E-state index is 12.3. The molecule has 1 aliphatic rings. The van der Waals surface area contributed by atoms with Crippen LogP contribution in [0.2, 0.25) is 0 Å². The van der Waals surface area contributed by atoms with E-state index in [1.54, 1.807) is 15.9 Å². The fraction of sp³-hybridized carbons (Fsp3) is 0.176. The lowest BCUT2D eigenvalue weighted by Gasteiger charge is -2.17. The monoisotopic (exact) mass is 389 g/mol. The SMILES string of the molecule is CCN1C(=O)/C(=C\c2csc(N(C(C)=O)c3ccccc3)n2)SC1=S. The van der Waals surface area contributed by atoms with Gasteiger partial charge in [0.15, 0.2) is 5.13 Å². The summed E-state index contributed by atoms with van der Waals surface area (Å²) in [7, 11) is 0. The summed E-state index contributed by atoms with van der Waals surface area (Å²) in [5.41, 5.74) is 1.40. The summed E-state index contributed by atoms with van der Waals surface area (Å²) in [5.74, 6) is -0.219. The van der Waals surface area contributed by atoms with Gasteiger partial charge >= 0.3 is 0 Å². The van der Waals surface area contributed by atoms with Gasteiger partial charge in [-0.15, -0.1) is 11.3 Å². The molecule has 25 heavy (non-hydrogen) atoms. The molecular weight excluding hydrogens is 374 g/mol. The summed E-state index contributed by atoms with van der Waals surface area (Å²) in [6.07, 6.45) is 1.72. The molecular formula is C17H15N3O2S3. The number of aromatic nitrogens is 1. The topological polar surface area (TPSA) is 53.5 Å². The number of benzene rings is 1. The average molecular weight is 390 g/mol. The number of amides is 2. The zero-order chi connectivity index (χ0) is 18.0. The third kappa shape index (κ3) is 3.65. The van der Waals surface area contributed by atoms with Crippen molar-refractivity contribution in [3.8, 4) is 0 Å². The van der Waals surface area contributed by atoms with Gasteiger partial charge in [0.1, 0.15) is 4.32 Å². The Kier molecular flexibility index (Phi) is 5.31. The molecule has 3 rings (SSSR count). The first-order chi connectivity index (χ1) is 12.0. The molecule has 0 aliphatic carbocycles. The second-order valence-corrected chi connectivity index (χ2v) is 7.68. The zero-order valence-electron chi connectivity index (χ0n) is 13.6. The fourth-order valence-corrected chi connectivity index (χ4v) is 4.57. The van der Waals surface area contributed by atoms with Crippen LogP contribution >= 0.6 is 35.3 Å². The first kappa shape index (κ1) is 17.8. The molecule has 5 nitrogen and oxygen atoms in total. The van der Waals surface area contributed by atoms with Crippen molar-refractivity contribution in [1.29, 1.82) is 0 Å². The molecule has 0 unspecified atom stereocenters. The van der Waals surface area contributed by atoms with Crippen molar-refractivity contribution >= 4 is 68.3 Å². The molecule has 0 N–H and O–H groups in total. The number of anilines is 2. The molecule has 1 saturated heterocycles. The number of hydrogen-bond acceptors (Lipinski definition) is 6. The van der Waals surface area contributed by atoms with Crippen molar-refractivity contribution in [2.75, 3.05) is 11.4 Å². The van der Waals surface area contributed by atoms with Crippen molar-refractivity contribution < 1.29 is 9.59 Å². The third-order valence-corrected chi connectivity index (χ3v) is 5.72. The van der Waals surface area contributed by atoms with Crippen LogP contribution < -0.4 is 4.90 Å². The molecule has 1 fully saturated rings. The Hall–Kier alpha value is -2.03. The average Bonchev–Trinajstić information content (AvgIpc) is 3.13. The van der Waals surface area contributed by atoms with Gasteiger partial charge in [0.2, 0.25) is 5.91 Å². The molecule has 0 bridgehead atoms. The number of hydrogen-bond donors (Lipinski definition) is 0. The van der Waals surface area contributed by atoms with Crippen molar-refractivity contribution in [2.24, 2.45) is 0 Å². The number of thiocarbonyl (C=S) groups is 1. The van der Waals surface area contributed by atoms with E-state index in [0.717, 1.165) is 5.69 Å². The Morgan fingerprint density at radius 1 is 1.36 bits per heavy atom. The van der Waals surface area contributed by atoms with Gasteiger partial charge in [0.05, 0.1) is 16.3 Å². The first-order valence-corrected chi connectivity index (χ1v) is 9.68. The first-order valence-electron chi connectivity index (χ1n) is 7.58. The van der Waals surface area contributed by atoms with Gasteiger partial charge in [-0.2, -0.15) is 0 Å². The molecule has 0 saturated carbocycles. The molecule has 8 heteroatoms. The molecule has 1 aromatic carbocycles. The summed E-state index contributed by atoms with van der Waals surface area (Å²) < 4.78 is 0.559. The number of carbonyl (C=O) groups is 2.